The third kappa shape index (κ3) is 1.96. The molecule has 1 fully saturated rings. The average Bonchev–Trinajstić information content (AvgIpc) is 2.35. The van der Waals surface area contributed by atoms with Crippen LogP contribution in [0.25, 0.3) is 0 Å². The largest absolute Gasteiger partial charge is 0.299 e. The second kappa shape index (κ2) is 3.88. The Morgan fingerprint density at radius 1 is 1.67 bits per heavy atom. The molecule has 0 radical (unpaired) electrons. The molecule has 0 heterocycles. The minimum Gasteiger partial charge on any atom is -0.299 e. The minimum atomic E-state index is 0.289. The molecule has 0 aliphatic heterocycles. The van der Waals surface area contributed by atoms with Gasteiger partial charge in [0.15, 0.2) is 0 Å². The van der Waals surface area contributed by atoms with Crippen LogP contribution in [0.5, 0.6) is 0 Å². The first-order valence-electron chi connectivity index (χ1n) is 4.84. The van der Waals surface area contributed by atoms with E-state index in [1.165, 1.54) is 5.57 Å². The Kier molecular flexibility index (Phi) is 3.07. The van der Waals surface area contributed by atoms with E-state index in [0.29, 0.717) is 11.7 Å². The summed E-state index contributed by atoms with van der Waals surface area (Å²) in [6.07, 6.45) is 3.82. The smallest absolute Gasteiger partial charge is 0.136 e. The zero-order valence-electron chi connectivity index (χ0n) is 8.10. The van der Waals surface area contributed by atoms with Crippen molar-refractivity contribution in [3.8, 4) is 0 Å². The maximum Gasteiger partial charge on any atom is 0.136 e. The highest BCUT2D eigenvalue weighted by Crippen LogP contribution is 2.32. The SMILES string of the molecule is C=C(CC)C[C@@H]1C(=O)CC[C@H]1C. The van der Waals surface area contributed by atoms with Crippen LogP contribution in [0, 0.1) is 11.8 Å². The zero-order chi connectivity index (χ0) is 9.14. The topological polar surface area (TPSA) is 17.1 Å². The Hall–Kier alpha value is -0.590. The zero-order valence-corrected chi connectivity index (χ0v) is 8.10. The lowest BCUT2D eigenvalue weighted by Gasteiger charge is -2.14. The molecule has 12 heavy (non-hydrogen) atoms. The minimum absolute atomic E-state index is 0.289. The second-order valence-corrected chi connectivity index (χ2v) is 3.90. The molecule has 0 bridgehead atoms. The molecule has 0 unspecified atom stereocenters. The maximum absolute atomic E-state index is 11.4. The van der Waals surface area contributed by atoms with E-state index in [2.05, 4.69) is 20.4 Å². The third-order valence-corrected chi connectivity index (χ3v) is 2.96. The van der Waals surface area contributed by atoms with Crippen LogP contribution in [0.1, 0.15) is 39.5 Å². The van der Waals surface area contributed by atoms with Crippen LogP contribution in [-0.4, -0.2) is 5.78 Å². The molecule has 1 aliphatic carbocycles. The van der Waals surface area contributed by atoms with E-state index in [4.69, 9.17) is 0 Å². The van der Waals surface area contributed by atoms with Crippen molar-refractivity contribution in [2.45, 2.75) is 39.5 Å². The molecule has 1 saturated carbocycles. The first kappa shape index (κ1) is 9.50. The molecule has 0 saturated heterocycles. The summed E-state index contributed by atoms with van der Waals surface area (Å²) in [6.45, 7) is 8.24. The van der Waals surface area contributed by atoms with Gasteiger partial charge in [0.05, 0.1) is 0 Å². The first-order chi connectivity index (χ1) is 5.65. The lowest BCUT2D eigenvalue weighted by atomic mass is 9.90. The number of carbonyl (C=O) groups is 1. The number of ketones is 1. The summed E-state index contributed by atoms with van der Waals surface area (Å²) in [5.74, 6) is 1.33. The molecule has 1 heteroatoms. The van der Waals surface area contributed by atoms with Gasteiger partial charge in [-0.2, -0.15) is 0 Å². The Balaban J connectivity index is 2.50. The number of rotatable bonds is 3. The van der Waals surface area contributed by atoms with Crippen LogP contribution in [0.3, 0.4) is 0 Å². The number of allylic oxidation sites excluding steroid dienone is 1. The van der Waals surface area contributed by atoms with Gasteiger partial charge in [-0.1, -0.05) is 26.0 Å². The van der Waals surface area contributed by atoms with Crippen molar-refractivity contribution in [2.24, 2.45) is 11.8 Å². The van der Waals surface area contributed by atoms with E-state index >= 15 is 0 Å². The number of Topliss-reactive ketones (excluding diaryl/α,β-unsaturated/α-hetero) is 1. The maximum atomic E-state index is 11.4. The van der Waals surface area contributed by atoms with Crippen molar-refractivity contribution >= 4 is 5.78 Å². The van der Waals surface area contributed by atoms with Crippen molar-refractivity contribution in [2.75, 3.05) is 0 Å². The molecule has 0 aromatic carbocycles. The summed E-state index contributed by atoms with van der Waals surface area (Å²) in [5.41, 5.74) is 1.22. The van der Waals surface area contributed by atoms with E-state index < -0.39 is 0 Å². The predicted octanol–water partition coefficient (Wildman–Crippen LogP) is 2.96. The Morgan fingerprint density at radius 3 is 2.75 bits per heavy atom. The van der Waals surface area contributed by atoms with Gasteiger partial charge in [0.1, 0.15) is 5.78 Å². The highest BCUT2D eigenvalue weighted by molar-refractivity contribution is 5.83. The van der Waals surface area contributed by atoms with Crippen molar-refractivity contribution in [1.82, 2.24) is 0 Å². The third-order valence-electron chi connectivity index (χ3n) is 2.96. The van der Waals surface area contributed by atoms with Gasteiger partial charge < -0.3 is 0 Å². The van der Waals surface area contributed by atoms with E-state index in [-0.39, 0.29) is 5.92 Å². The summed E-state index contributed by atoms with van der Waals surface area (Å²) in [6, 6.07) is 0. The fraction of sp³-hybridized carbons (Fsp3) is 0.727. The monoisotopic (exact) mass is 166 g/mol. The molecule has 0 spiro atoms. The summed E-state index contributed by atoms with van der Waals surface area (Å²) in [5, 5.41) is 0. The quantitative estimate of drug-likeness (QED) is 0.589. The van der Waals surface area contributed by atoms with Crippen molar-refractivity contribution in [1.29, 1.82) is 0 Å². The van der Waals surface area contributed by atoms with E-state index in [0.717, 1.165) is 25.7 Å². The average molecular weight is 166 g/mol. The molecular formula is C11H18O. The van der Waals surface area contributed by atoms with Gasteiger partial charge >= 0.3 is 0 Å². The Labute approximate surface area is 74.9 Å². The summed E-state index contributed by atoms with van der Waals surface area (Å²) in [7, 11) is 0. The summed E-state index contributed by atoms with van der Waals surface area (Å²) in [4.78, 5) is 11.4. The lowest BCUT2D eigenvalue weighted by Crippen LogP contribution is -2.12. The van der Waals surface area contributed by atoms with Crippen molar-refractivity contribution in [3.05, 3.63) is 12.2 Å². The predicted molar refractivity (Wildman–Crippen MR) is 50.9 cm³/mol. The molecule has 1 nitrogen and oxygen atoms in total. The molecule has 1 rings (SSSR count). The molecule has 0 aromatic heterocycles. The van der Waals surface area contributed by atoms with Crippen LogP contribution in [0.15, 0.2) is 12.2 Å². The van der Waals surface area contributed by atoms with E-state index in [1.807, 2.05) is 0 Å². The Morgan fingerprint density at radius 2 is 2.33 bits per heavy atom. The van der Waals surface area contributed by atoms with Gasteiger partial charge in [-0.25, -0.2) is 0 Å². The van der Waals surface area contributed by atoms with Gasteiger partial charge in [-0.05, 0) is 25.2 Å². The molecule has 0 N–H and O–H groups in total. The van der Waals surface area contributed by atoms with Gasteiger partial charge in [-0.3, -0.25) is 4.79 Å². The van der Waals surface area contributed by atoms with Crippen LogP contribution in [0.4, 0.5) is 0 Å². The molecule has 2 atom stereocenters. The molecule has 1 aliphatic rings. The van der Waals surface area contributed by atoms with Gasteiger partial charge in [0, 0.05) is 12.3 Å². The van der Waals surface area contributed by atoms with Crippen LogP contribution >= 0.6 is 0 Å². The van der Waals surface area contributed by atoms with E-state index in [1.54, 1.807) is 0 Å². The van der Waals surface area contributed by atoms with Gasteiger partial charge in [0.25, 0.3) is 0 Å². The lowest BCUT2D eigenvalue weighted by molar-refractivity contribution is -0.121. The van der Waals surface area contributed by atoms with Gasteiger partial charge in [0.2, 0.25) is 0 Å². The number of hydrogen-bond donors (Lipinski definition) is 0. The molecular weight excluding hydrogens is 148 g/mol. The summed E-state index contributed by atoms with van der Waals surface area (Å²) >= 11 is 0. The standard InChI is InChI=1S/C11H18O/c1-4-8(2)7-10-9(3)5-6-11(10)12/h9-10H,2,4-7H2,1,3H3/t9-,10+/m1/s1. The fourth-order valence-corrected chi connectivity index (χ4v) is 1.84. The van der Waals surface area contributed by atoms with Crippen LogP contribution < -0.4 is 0 Å². The van der Waals surface area contributed by atoms with Gasteiger partial charge in [-0.15, -0.1) is 0 Å². The summed E-state index contributed by atoms with van der Waals surface area (Å²) < 4.78 is 0. The molecule has 0 amide bonds. The first-order valence-corrected chi connectivity index (χ1v) is 4.84. The fourth-order valence-electron chi connectivity index (χ4n) is 1.84. The Bertz CT molecular complexity index is 193. The van der Waals surface area contributed by atoms with E-state index in [9.17, 15) is 4.79 Å². The highest BCUT2D eigenvalue weighted by atomic mass is 16.1. The molecule has 68 valence electrons. The van der Waals surface area contributed by atoms with Crippen LogP contribution in [-0.2, 0) is 4.79 Å². The normalized spacial score (nSPS) is 29.3. The number of hydrogen-bond acceptors (Lipinski definition) is 1. The van der Waals surface area contributed by atoms with Crippen molar-refractivity contribution < 1.29 is 4.79 Å². The number of carbonyl (C=O) groups excluding carboxylic acids is 1. The highest BCUT2D eigenvalue weighted by Gasteiger charge is 2.31. The van der Waals surface area contributed by atoms with Crippen molar-refractivity contribution in [3.63, 3.8) is 0 Å². The van der Waals surface area contributed by atoms with Crippen LogP contribution in [0.2, 0.25) is 0 Å². The molecule has 0 aromatic rings. The second-order valence-electron chi connectivity index (χ2n) is 3.90.